The van der Waals surface area contributed by atoms with Crippen molar-refractivity contribution in [2.45, 2.75) is 194 Å². The summed E-state index contributed by atoms with van der Waals surface area (Å²) in [5.41, 5.74) is 3.47. The highest BCUT2D eigenvalue weighted by Crippen LogP contribution is 2.38. The van der Waals surface area contributed by atoms with Crippen molar-refractivity contribution in [1.82, 2.24) is 0 Å². The third-order valence-electron chi connectivity index (χ3n) is 12.6. The molecule has 43 heavy (non-hydrogen) atoms. The van der Waals surface area contributed by atoms with Crippen LogP contribution < -0.4 is 0 Å². The lowest BCUT2D eigenvalue weighted by molar-refractivity contribution is 0.129. The molecule has 0 spiro atoms. The van der Waals surface area contributed by atoms with Crippen molar-refractivity contribution in [2.75, 3.05) is 13.2 Å². The number of hydrogen-bond donors (Lipinski definition) is 0. The molecule has 0 radical (unpaired) electrons. The van der Waals surface area contributed by atoms with Crippen LogP contribution in [0.1, 0.15) is 194 Å². The zero-order valence-electron chi connectivity index (χ0n) is 29.2. The molecule has 0 amide bonds. The van der Waals surface area contributed by atoms with Gasteiger partial charge in [0.1, 0.15) is 0 Å². The zero-order chi connectivity index (χ0) is 30.0. The summed E-state index contributed by atoms with van der Waals surface area (Å²) in [6.07, 6.45) is 45.5. The summed E-state index contributed by atoms with van der Waals surface area (Å²) in [5, 5.41) is 0. The predicted octanol–water partition coefficient (Wildman–Crippen LogP) is 13.6. The average Bonchev–Trinajstić information content (AvgIpc) is 3.06. The van der Waals surface area contributed by atoms with Crippen molar-refractivity contribution in [3.63, 3.8) is 0 Å². The van der Waals surface area contributed by atoms with Crippen molar-refractivity contribution >= 4 is 0 Å². The van der Waals surface area contributed by atoms with E-state index in [4.69, 9.17) is 4.74 Å². The van der Waals surface area contributed by atoms with E-state index in [9.17, 15) is 0 Å². The summed E-state index contributed by atoms with van der Waals surface area (Å²) < 4.78 is 6.07. The van der Waals surface area contributed by atoms with E-state index < -0.39 is 0 Å². The number of hydrogen-bond acceptors (Lipinski definition) is 1. The molecule has 0 heterocycles. The van der Waals surface area contributed by atoms with Crippen LogP contribution in [0.3, 0.4) is 0 Å². The molecule has 0 saturated heterocycles. The van der Waals surface area contributed by atoms with Crippen LogP contribution in [0, 0.1) is 35.5 Å². The standard InChI is InChI=1S/C42H74O/c1-3-5-9-35-13-21-39(22-14-35)29-31-41-25-17-37(18-26-41)11-7-33-43-34-8-12-38-19-27-42(28-20-38)32-30-40-23-15-36(16-24-40)10-6-4-2/h17,19,35-36,39-42H,3-16,18,20-34H2,1-2H3. The molecule has 2 saturated carbocycles. The highest BCUT2D eigenvalue weighted by Gasteiger charge is 2.24. The molecule has 1 nitrogen and oxygen atoms in total. The van der Waals surface area contributed by atoms with Crippen molar-refractivity contribution < 1.29 is 4.74 Å². The van der Waals surface area contributed by atoms with Crippen LogP contribution in [0.2, 0.25) is 0 Å². The van der Waals surface area contributed by atoms with Gasteiger partial charge in [-0.25, -0.2) is 0 Å². The lowest BCUT2D eigenvalue weighted by Gasteiger charge is -2.30. The minimum Gasteiger partial charge on any atom is -0.381 e. The largest absolute Gasteiger partial charge is 0.381 e. The Morgan fingerprint density at radius 2 is 0.837 bits per heavy atom. The van der Waals surface area contributed by atoms with Crippen LogP contribution in [0.25, 0.3) is 0 Å². The normalized spacial score (nSPS) is 30.2. The second kappa shape index (κ2) is 21.3. The van der Waals surface area contributed by atoms with Gasteiger partial charge >= 0.3 is 0 Å². The smallest absolute Gasteiger partial charge is 0.0469 e. The Bertz CT molecular complexity index is 698. The Hall–Kier alpha value is -0.560. The van der Waals surface area contributed by atoms with E-state index in [2.05, 4.69) is 26.0 Å². The Labute approximate surface area is 269 Å². The summed E-state index contributed by atoms with van der Waals surface area (Å²) in [5.74, 6) is 6.17. The van der Waals surface area contributed by atoms with Gasteiger partial charge in [0.25, 0.3) is 0 Å². The fourth-order valence-corrected chi connectivity index (χ4v) is 9.31. The van der Waals surface area contributed by atoms with Gasteiger partial charge in [0.2, 0.25) is 0 Å². The Kier molecular flexibility index (Phi) is 17.5. The van der Waals surface area contributed by atoms with Crippen LogP contribution in [-0.4, -0.2) is 13.2 Å². The monoisotopic (exact) mass is 595 g/mol. The maximum Gasteiger partial charge on any atom is 0.0469 e. The zero-order valence-corrected chi connectivity index (χ0v) is 29.2. The van der Waals surface area contributed by atoms with E-state index in [-0.39, 0.29) is 0 Å². The van der Waals surface area contributed by atoms with Gasteiger partial charge in [0.15, 0.2) is 0 Å². The lowest BCUT2D eigenvalue weighted by Crippen LogP contribution is -2.16. The fraction of sp³-hybridized carbons (Fsp3) is 0.905. The van der Waals surface area contributed by atoms with Gasteiger partial charge < -0.3 is 4.74 Å². The van der Waals surface area contributed by atoms with Gasteiger partial charge in [-0.2, -0.15) is 0 Å². The molecule has 0 aliphatic heterocycles. The Balaban J connectivity index is 0.941. The van der Waals surface area contributed by atoms with E-state index >= 15 is 0 Å². The van der Waals surface area contributed by atoms with Crippen molar-refractivity contribution in [3.05, 3.63) is 23.3 Å². The molecule has 2 unspecified atom stereocenters. The van der Waals surface area contributed by atoms with Crippen LogP contribution in [0.4, 0.5) is 0 Å². The number of ether oxygens (including phenoxy) is 1. The third-order valence-corrected chi connectivity index (χ3v) is 12.6. The maximum atomic E-state index is 6.07. The molecule has 4 rings (SSSR count). The lowest BCUT2D eigenvalue weighted by atomic mass is 9.76. The fourth-order valence-electron chi connectivity index (χ4n) is 9.31. The Morgan fingerprint density at radius 1 is 0.465 bits per heavy atom. The van der Waals surface area contributed by atoms with Gasteiger partial charge in [0, 0.05) is 13.2 Å². The quantitative estimate of drug-likeness (QED) is 0.101. The van der Waals surface area contributed by atoms with Crippen LogP contribution in [0.5, 0.6) is 0 Å². The van der Waals surface area contributed by atoms with Gasteiger partial charge in [-0.05, 0) is 113 Å². The van der Waals surface area contributed by atoms with Gasteiger partial charge in [-0.15, -0.1) is 0 Å². The number of rotatable bonds is 20. The van der Waals surface area contributed by atoms with Gasteiger partial charge in [0.05, 0.1) is 0 Å². The predicted molar refractivity (Wildman–Crippen MR) is 189 cm³/mol. The highest BCUT2D eigenvalue weighted by atomic mass is 16.5. The summed E-state index contributed by atoms with van der Waals surface area (Å²) in [4.78, 5) is 0. The van der Waals surface area contributed by atoms with Crippen molar-refractivity contribution in [1.29, 1.82) is 0 Å². The molecule has 2 fully saturated rings. The van der Waals surface area contributed by atoms with E-state index in [1.54, 1.807) is 11.1 Å². The summed E-state index contributed by atoms with van der Waals surface area (Å²) in [7, 11) is 0. The first-order valence-corrected chi connectivity index (χ1v) is 20.1. The molecule has 0 N–H and O–H groups in total. The highest BCUT2D eigenvalue weighted by molar-refractivity contribution is 5.07. The molecule has 4 aliphatic rings. The van der Waals surface area contributed by atoms with Crippen molar-refractivity contribution in [2.24, 2.45) is 35.5 Å². The maximum absolute atomic E-state index is 6.07. The van der Waals surface area contributed by atoms with E-state index in [1.807, 2.05) is 0 Å². The van der Waals surface area contributed by atoms with Gasteiger partial charge in [-0.1, -0.05) is 140 Å². The van der Waals surface area contributed by atoms with Crippen LogP contribution in [-0.2, 0) is 4.74 Å². The number of unbranched alkanes of at least 4 members (excludes halogenated alkanes) is 2. The number of allylic oxidation sites excluding steroid dienone is 4. The summed E-state index contributed by atoms with van der Waals surface area (Å²) >= 11 is 0. The summed E-state index contributed by atoms with van der Waals surface area (Å²) in [6.45, 7) is 6.61. The van der Waals surface area contributed by atoms with Gasteiger partial charge in [-0.3, -0.25) is 0 Å². The minimum atomic E-state index is 0.962. The molecule has 1 heteroatoms. The molecule has 0 aromatic rings. The topological polar surface area (TPSA) is 9.23 Å². The van der Waals surface area contributed by atoms with E-state index in [1.165, 1.54) is 180 Å². The molecular formula is C42H74O. The minimum absolute atomic E-state index is 0.962. The average molecular weight is 595 g/mol. The van der Waals surface area contributed by atoms with E-state index in [0.717, 1.165) is 48.7 Å². The second-order valence-electron chi connectivity index (χ2n) is 16.0. The third kappa shape index (κ3) is 14.2. The molecule has 0 aromatic heterocycles. The molecular weight excluding hydrogens is 520 g/mol. The first-order valence-electron chi connectivity index (χ1n) is 20.1. The second-order valence-corrected chi connectivity index (χ2v) is 16.0. The van der Waals surface area contributed by atoms with Crippen molar-refractivity contribution in [3.8, 4) is 0 Å². The molecule has 0 bridgehead atoms. The molecule has 248 valence electrons. The molecule has 0 aromatic carbocycles. The first-order chi connectivity index (χ1) is 21.2. The Morgan fingerprint density at radius 3 is 1.19 bits per heavy atom. The van der Waals surface area contributed by atoms with Crippen LogP contribution in [0.15, 0.2) is 23.3 Å². The first kappa shape index (κ1) is 35.3. The van der Waals surface area contributed by atoms with E-state index in [0.29, 0.717) is 0 Å². The molecule has 2 atom stereocenters. The summed E-state index contributed by atoms with van der Waals surface area (Å²) in [6, 6.07) is 0. The molecule has 4 aliphatic carbocycles. The SMILES string of the molecule is CCCCC1CCC(CCC2CC=C(CCCOCCCC3=CCC(CCC4CCC(CCCC)CC4)CC3)CC2)CC1. The van der Waals surface area contributed by atoms with Crippen LogP contribution >= 0.6 is 0 Å².